The Hall–Kier alpha value is -3.53. The van der Waals surface area contributed by atoms with E-state index in [4.69, 9.17) is 9.47 Å². The number of carbonyl (C=O) groups excluding carboxylic acids is 1. The number of aromatic nitrogens is 1. The first-order chi connectivity index (χ1) is 14.2. The number of hydrogen-bond donors (Lipinski definition) is 1. The number of esters is 1. The van der Waals surface area contributed by atoms with Crippen LogP contribution in [0.25, 0.3) is 22.0 Å². The molecule has 0 aliphatic rings. The highest BCUT2D eigenvalue weighted by atomic mass is 16.5. The van der Waals surface area contributed by atoms with Gasteiger partial charge in [-0.3, -0.25) is 4.79 Å². The van der Waals surface area contributed by atoms with E-state index < -0.39 is 0 Å². The maximum absolute atomic E-state index is 11.5. The zero-order valence-electron chi connectivity index (χ0n) is 16.4. The molecule has 0 saturated carbocycles. The summed E-state index contributed by atoms with van der Waals surface area (Å²) in [5.74, 6) is 0.621. The predicted octanol–water partition coefficient (Wildman–Crippen LogP) is 5.52. The van der Waals surface area contributed by atoms with Crippen LogP contribution in [-0.2, 0) is 22.6 Å². The molecule has 0 saturated heterocycles. The van der Waals surface area contributed by atoms with Crippen molar-refractivity contribution < 1.29 is 14.3 Å². The van der Waals surface area contributed by atoms with Crippen LogP contribution < -0.4 is 4.74 Å². The van der Waals surface area contributed by atoms with Gasteiger partial charge in [0.25, 0.3) is 0 Å². The van der Waals surface area contributed by atoms with Crippen molar-refractivity contribution in [3.05, 3.63) is 90.1 Å². The second-order valence-electron chi connectivity index (χ2n) is 6.96. The van der Waals surface area contributed by atoms with Crippen LogP contribution in [0.4, 0.5) is 0 Å². The molecule has 4 nitrogen and oxygen atoms in total. The van der Waals surface area contributed by atoms with Gasteiger partial charge >= 0.3 is 5.97 Å². The van der Waals surface area contributed by atoms with Gasteiger partial charge in [0.15, 0.2) is 0 Å². The number of H-pyrrole nitrogens is 1. The van der Waals surface area contributed by atoms with Crippen LogP contribution in [0.1, 0.15) is 17.5 Å². The molecule has 0 bridgehead atoms. The minimum Gasteiger partial charge on any atom is -0.488 e. The van der Waals surface area contributed by atoms with E-state index in [0.29, 0.717) is 19.4 Å². The van der Waals surface area contributed by atoms with E-state index in [9.17, 15) is 4.79 Å². The van der Waals surface area contributed by atoms with Crippen molar-refractivity contribution in [1.82, 2.24) is 4.98 Å². The van der Waals surface area contributed by atoms with E-state index in [1.54, 1.807) is 0 Å². The molecular formula is C25H23NO3. The molecular weight excluding hydrogens is 362 g/mol. The van der Waals surface area contributed by atoms with Crippen molar-refractivity contribution in [3.63, 3.8) is 0 Å². The van der Waals surface area contributed by atoms with Crippen molar-refractivity contribution in [2.45, 2.75) is 19.4 Å². The summed E-state index contributed by atoms with van der Waals surface area (Å²) in [6.07, 6.45) is 2.93. The van der Waals surface area contributed by atoms with Crippen molar-refractivity contribution in [2.75, 3.05) is 7.11 Å². The minimum absolute atomic E-state index is 0.204. The fourth-order valence-electron chi connectivity index (χ4n) is 3.39. The zero-order chi connectivity index (χ0) is 20.1. The van der Waals surface area contributed by atoms with Crippen LogP contribution in [0, 0.1) is 0 Å². The molecule has 0 spiro atoms. The summed E-state index contributed by atoms with van der Waals surface area (Å²) in [6.45, 7) is 0.502. The third-order valence-electron chi connectivity index (χ3n) is 4.99. The smallest absolute Gasteiger partial charge is 0.305 e. The quantitative estimate of drug-likeness (QED) is 0.426. The van der Waals surface area contributed by atoms with E-state index in [0.717, 1.165) is 38.9 Å². The Bertz CT molecular complexity index is 1120. The van der Waals surface area contributed by atoms with Gasteiger partial charge < -0.3 is 14.5 Å². The van der Waals surface area contributed by atoms with Gasteiger partial charge in [0.1, 0.15) is 12.4 Å². The average Bonchev–Trinajstić information content (AvgIpc) is 3.25. The predicted molar refractivity (Wildman–Crippen MR) is 115 cm³/mol. The zero-order valence-corrected chi connectivity index (χ0v) is 16.4. The van der Waals surface area contributed by atoms with E-state index in [1.165, 1.54) is 7.11 Å². The number of aryl methyl sites for hydroxylation is 1. The van der Waals surface area contributed by atoms with E-state index in [2.05, 4.69) is 47.4 Å². The molecule has 1 N–H and O–H groups in total. The lowest BCUT2D eigenvalue weighted by Gasteiger charge is -2.14. The maximum atomic E-state index is 11.5. The van der Waals surface area contributed by atoms with Gasteiger partial charge in [-0.05, 0) is 58.8 Å². The monoisotopic (exact) mass is 385 g/mol. The summed E-state index contributed by atoms with van der Waals surface area (Å²) in [5, 5.41) is 1.15. The number of nitrogens with one attached hydrogen (secondary N) is 1. The van der Waals surface area contributed by atoms with Crippen LogP contribution >= 0.6 is 0 Å². The maximum Gasteiger partial charge on any atom is 0.305 e. The molecule has 1 heterocycles. The molecule has 1 aromatic heterocycles. The first-order valence-electron chi connectivity index (χ1n) is 9.67. The highest BCUT2D eigenvalue weighted by Crippen LogP contribution is 2.34. The van der Waals surface area contributed by atoms with Crippen molar-refractivity contribution in [1.29, 1.82) is 0 Å². The number of benzene rings is 3. The molecule has 146 valence electrons. The number of ether oxygens (including phenoxy) is 2. The molecule has 0 unspecified atom stereocenters. The second-order valence-corrected chi connectivity index (χ2v) is 6.96. The Morgan fingerprint density at radius 1 is 0.931 bits per heavy atom. The van der Waals surface area contributed by atoms with Crippen LogP contribution in [0.3, 0.4) is 0 Å². The Labute approximate surface area is 170 Å². The minimum atomic E-state index is -0.204. The Balaban J connectivity index is 1.66. The molecule has 0 radical (unpaired) electrons. The molecule has 4 aromatic rings. The van der Waals surface area contributed by atoms with Crippen LogP contribution in [-0.4, -0.2) is 18.1 Å². The van der Waals surface area contributed by atoms with Gasteiger partial charge in [-0.25, -0.2) is 0 Å². The number of hydrogen-bond acceptors (Lipinski definition) is 3. The van der Waals surface area contributed by atoms with Crippen molar-refractivity contribution in [3.8, 4) is 16.9 Å². The Morgan fingerprint density at radius 2 is 1.79 bits per heavy atom. The fraction of sp³-hybridized carbons (Fsp3) is 0.160. The third kappa shape index (κ3) is 4.49. The number of aromatic amines is 1. The van der Waals surface area contributed by atoms with E-state index in [-0.39, 0.29) is 5.97 Å². The topological polar surface area (TPSA) is 51.3 Å². The lowest BCUT2D eigenvalue weighted by molar-refractivity contribution is -0.140. The number of rotatable bonds is 7. The van der Waals surface area contributed by atoms with Gasteiger partial charge in [-0.1, -0.05) is 42.5 Å². The van der Waals surface area contributed by atoms with Crippen molar-refractivity contribution in [2.24, 2.45) is 0 Å². The molecule has 4 rings (SSSR count). The first kappa shape index (κ1) is 18.8. The summed E-state index contributed by atoms with van der Waals surface area (Å²) >= 11 is 0. The Kier molecular flexibility index (Phi) is 5.61. The lowest BCUT2D eigenvalue weighted by Crippen LogP contribution is -2.02. The highest BCUT2D eigenvalue weighted by molar-refractivity contribution is 5.86. The van der Waals surface area contributed by atoms with Gasteiger partial charge in [0, 0.05) is 23.7 Å². The molecule has 0 aliphatic carbocycles. The van der Waals surface area contributed by atoms with Crippen LogP contribution in [0.5, 0.6) is 5.75 Å². The normalized spacial score (nSPS) is 10.8. The second kappa shape index (κ2) is 8.65. The highest BCUT2D eigenvalue weighted by Gasteiger charge is 2.11. The standard InChI is InChI=1S/C25H23NO3/c1-28-25(27)12-8-18-7-11-24(29-17-19-5-3-2-4-6-19)22(15-18)20-9-10-23-21(16-20)13-14-26-23/h2-7,9-11,13-16,26H,8,12,17H2,1H3. The third-order valence-corrected chi connectivity index (χ3v) is 4.99. The molecule has 4 heteroatoms. The average molecular weight is 385 g/mol. The van der Waals surface area contributed by atoms with E-state index >= 15 is 0 Å². The number of carbonyl (C=O) groups is 1. The molecule has 29 heavy (non-hydrogen) atoms. The molecule has 0 atom stereocenters. The largest absolute Gasteiger partial charge is 0.488 e. The summed E-state index contributed by atoms with van der Waals surface area (Å²) in [5.41, 5.74) is 5.40. The summed E-state index contributed by atoms with van der Waals surface area (Å²) in [4.78, 5) is 14.8. The molecule has 3 aromatic carbocycles. The first-order valence-corrected chi connectivity index (χ1v) is 9.67. The molecule has 0 amide bonds. The number of fused-ring (bicyclic) bond motifs is 1. The summed E-state index contributed by atoms with van der Waals surface area (Å²) in [7, 11) is 1.42. The van der Waals surface area contributed by atoms with Crippen LogP contribution in [0.15, 0.2) is 79.0 Å². The molecule has 0 fully saturated rings. The van der Waals surface area contributed by atoms with Gasteiger partial charge in [0.2, 0.25) is 0 Å². The Morgan fingerprint density at radius 3 is 2.62 bits per heavy atom. The number of methoxy groups -OCH3 is 1. The summed E-state index contributed by atoms with van der Waals surface area (Å²) in [6, 6.07) is 24.6. The SMILES string of the molecule is COC(=O)CCc1ccc(OCc2ccccc2)c(-c2ccc3[nH]ccc3c2)c1. The van der Waals surface area contributed by atoms with Gasteiger partial charge in [-0.15, -0.1) is 0 Å². The fourth-order valence-corrected chi connectivity index (χ4v) is 3.39. The van der Waals surface area contributed by atoms with E-state index in [1.807, 2.05) is 36.5 Å². The van der Waals surface area contributed by atoms with Crippen molar-refractivity contribution >= 4 is 16.9 Å². The summed E-state index contributed by atoms with van der Waals surface area (Å²) < 4.78 is 10.9. The molecule has 0 aliphatic heterocycles. The van der Waals surface area contributed by atoms with Crippen LogP contribution in [0.2, 0.25) is 0 Å². The van der Waals surface area contributed by atoms with Gasteiger partial charge in [-0.2, -0.15) is 0 Å². The van der Waals surface area contributed by atoms with Gasteiger partial charge in [0.05, 0.1) is 7.11 Å². The lowest BCUT2D eigenvalue weighted by atomic mass is 9.98.